The van der Waals surface area contributed by atoms with Gasteiger partial charge in [0.25, 0.3) is 5.91 Å². The van der Waals surface area contributed by atoms with Crippen LogP contribution in [-0.4, -0.2) is 46.1 Å². The number of fused-ring (bicyclic) bond motifs is 3. The maximum absolute atomic E-state index is 12.7. The summed E-state index contributed by atoms with van der Waals surface area (Å²) in [5, 5.41) is 2.86. The van der Waals surface area contributed by atoms with Crippen molar-refractivity contribution in [2.24, 2.45) is 9.98 Å². The lowest BCUT2D eigenvalue weighted by Gasteiger charge is -2.26. The third-order valence-corrected chi connectivity index (χ3v) is 5.70. The minimum atomic E-state index is -0.477. The summed E-state index contributed by atoms with van der Waals surface area (Å²) in [6.45, 7) is 3.54. The summed E-state index contributed by atoms with van der Waals surface area (Å²) in [6.07, 6.45) is 0. The molecule has 0 radical (unpaired) electrons. The van der Waals surface area contributed by atoms with Gasteiger partial charge in [-0.15, -0.1) is 0 Å². The molecule has 8 heteroatoms. The van der Waals surface area contributed by atoms with Crippen molar-refractivity contribution in [2.45, 2.75) is 25.1 Å². The number of amides is 2. The summed E-state index contributed by atoms with van der Waals surface area (Å²) >= 11 is 1.23. The van der Waals surface area contributed by atoms with Crippen LogP contribution in [0.3, 0.4) is 0 Å². The number of para-hydroxylation sites is 1. The summed E-state index contributed by atoms with van der Waals surface area (Å²) in [5.41, 5.74) is 2.21. The van der Waals surface area contributed by atoms with Crippen molar-refractivity contribution in [3.05, 3.63) is 54.1 Å². The molecule has 0 spiro atoms. The van der Waals surface area contributed by atoms with Crippen molar-refractivity contribution in [1.82, 2.24) is 4.90 Å². The van der Waals surface area contributed by atoms with Crippen LogP contribution in [0.15, 0.2) is 58.5 Å². The molecular weight excluding hydrogens is 388 g/mol. The lowest BCUT2D eigenvalue weighted by molar-refractivity contribution is -0.124. The third kappa shape index (κ3) is 3.63. The minimum Gasteiger partial charge on any atom is -0.497 e. The SMILES string of the molecule is COc1cccc(NC(=O)[C@H](C)SC2=Nc3ccccc3C3=N[C@@H](C)C(=O)N23)c1. The molecule has 0 aliphatic carbocycles. The lowest BCUT2D eigenvalue weighted by Crippen LogP contribution is -2.41. The van der Waals surface area contributed by atoms with Gasteiger partial charge >= 0.3 is 0 Å². The first-order chi connectivity index (χ1) is 14.0. The first-order valence-electron chi connectivity index (χ1n) is 9.19. The van der Waals surface area contributed by atoms with E-state index in [4.69, 9.17) is 4.74 Å². The number of hydrogen-bond donors (Lipinski definition) is 1. The maximum atomic E-state index is 12.7. The molecule has 0 unspecified atom stereocenters. The first-order valence-corrected chi connectivity index (χ1v) is 10.1. The van der Waals surface area contributed by atoms with Gasteiger partial charge in [0.1, 0.15) is 17.6 Å². The smallest absolute Gasteiger partial charge is 0.258 e. The van der Waals surface area contributed by atoms with Crippen LogP contribution in [-0.2, 0) is 9.59 Å². The number of nitrogens with zero attached hydrogens (tertiary/aromatic N) is 3. The maximum Gasteiger partial charge on any atom is 0.258 e. The van der Waals surface area contributed by atoms with E-state index in [1.807, 2.05) is 30.3 Å². The number of benzene rings is 2. The van der Waals surface area contributed by atoms with Gasteiger partial charge in [-0.2, -0.15) is 0 Å². The predicted octanol–water partition coefficient (Wildman–Crippen LogP) is 3.43. The molecule has 29 heavy (non-hydrogen) atoms. The molecule has 2 aromatic carbocycles. The van der Waals surface area contributed by atoms with E-state index >= 15 is 0 Å². The molecule has 0 fully saturated rings. The Kier molecular flexibility index (Phi) is 5.10. The average Bonchev–Trinajstić information content (AvgIpc) is 3.03. The second-order valence-electron chi connectivity index (χ2n) is 6.70. The second-order valence-corrected chi connectivity index (χ2v) is 8.00. The van der Waals surface area contributed by atoms with E-state index in [1.165, 1.54) is 16.7 Å². The largest absolute Gasteiger partial charge is 0.497 e. The van der Waals surface area contributed by atoms with Crippen LogP contribution in [0.25, 0.3) is 0 Å². The number of anilines is 1. The highest BCUT2D eigenvalue weighted by atomic mass is 32.2. The Morgan fingerprint density at radius 3 is 2.83 bits per heavy atom. The van der Waals surface area contributed by atoms with Crippen LogP contribution in [0.5, 0.6) is 5.75 Å². The molecule has 0 bridgehead atoms. The van der Waals surface area contributed by atoms with Crippen LogP contribution >= 0.6 is 11.8 Å². The summed E-state index contributed by atoms with van der Waals surface area (Å²) in [4.78, 5) is 36.0. The van der Waals surface area contributed by atoms with E-state index in [2.05, 4.69) is 15.3 Å². The van der Waals surface area contributed by atoms with Crippen LogP contribution in [0.2, 0.25) is 0 Å². The van der Waals surface area contributed by atoms with Gasteiger partial charge in [-0.3, -0.25) is 14.6 Å². The molecule has 0 saturated carbocycles. The molecule has 0 saturated heterocycles. The van der Waals surface area contributed by atoms with E-state index in [9.17, 15) is 9.59 Å². The highest BCUT2D eigenvalue weighted by Gasteiger charge is 2.40. The molecule has 2 aromatic rings. The van der Waals surface area contributed by atoms with Crippen LogP contribution in [0.4, 0.5) is 11.4 Å². The Morgan fingerprint density at radius 2 is 2.03 bits per heavy atom. The van der Waals surface area contributed by atoms with Crippen molar-refractivity contribution < 1.29 is 14.3 Å². The Labute approximate surface area is 172 Å². The number of carbonyl (C=O) groups is 2. The molecule has 2 heterocycles. The summed E-state index contributed by atoms with van der Waals surface area (Å²) in [6, 6.07) is 14.3. The van der Waals surface area contributed by atoms with Gasteiger partial charge in [0.05, 0.1) is 18.0 Å². The number of aliphatic imine (C=N–C) groups is 2. The van der Waals surface area contributed by atoms with Gasteiger partial charge in [0.2, 0.25) is 5.91 Å². The Balaban J connectivity index is 1.56. The molecule has 148 valence electrons. The quantitative estimate of drug-likeness (QED) is 0.840. The van der Waals surface area contributed by atoms with Crippen LogP contribution in [0, 0.1) is 0 Å². The van der Waals surface area contributed by atoms with Gasteiger partial charge < -0.3 is 10.1 Å². The van der Waals surface area contributed by atoms with E-state index in [0.29, 0.717) is 22.4 Å². The highest BCUT2D eigenvalue weighted by Crippen LogP contribution is 2.34. The fraction of sp³-hybridized carbons (Fsp3) is 0.238. The number of rotatable bonds is 4. The van der Waals surface area contributed by atoms with Crippen molar-refractivity contribution >= 4 is 46.0 Å². The fourth-order valence-corrected chi connectivity index (χ4v) is 4.03. The number of nitrogens with one attached hydrogen (secondary N) is 1. The first kappa shape index (κ1) is 19.2. The summed E-state index contributed by atoms with van der Waals surface area (Å²) in [5.74, 6) is 0.925. The highest BCUT2D eigenvalue weighted by molar-refractivity contribution is 8.15. The zero-order chi connectivity index (χ0) is 20.5. The number of carbonyl (C=O) groups excluding carboxylic acids is 2. The van der Waals surface area contributed by atoms with Gasteiger partial charge in [0, 0.05) is 17.3 Å². The molecule has 4 rings (SSSR count). The number of methoxy groups -OCH3 is 1. The summed E-state index contributed by atoms with van der Waals surface area (Å²) in [7, 11) is 1.58. The second kappa shape index (κ2) is 7.71. The van der Waals surface area contributed by atoms with Crippen LogP contribution < -0.4 is 10.1 Å². The molecule has 2 amide bonds. The van der Waals surface area contributed by atoms with E-state index in [-0.39, 0.29) is 11.8 Å². The Bertz CT molecular complexity index is 1050. The molecule has 2 atom stereocenters. The Morgan fingerprint density at radius 1 is 1.24 bits per heavy atom. The zero-order valence-corrected chi connectivity index (χ0v) is 17.1. The standard InChI is InChI=1S/C21H20N4O3S/c1-12-20(27)25-18(22-12)16-9-4-5-10-17(16)24-21(25)29-13(2)19(26)23-14-7-6-8-15(11-14)28-3/h4-13H,1-3H3,(H,23,26)/t12-,13-/m0/s1. The zero-order valence-electron chi connectivity index (χ0n) is 16.2. The number of ether oxygens (including phenoxy) is 1. The topological polar surface area (TPSA) is 83.4 Å². The number of amidine groups is 2. The molecule has 1 N–H and O–H groups in total. The normalized spacial score (nSPS) is 18.4. The molecular formula is C21H20N4O3S. The third-order valence-electron chi connectivity index (χ3n) is 4.65. The van der Waals surface area contributed by atoms with Crippen LogP contribution in [0.1, 0.15) is 19.4 Å². The van der Waals surface area contributed by atoms with E-state index in [0.717, 1.165) is 11.3 Å². The molecule has 2 aliphatic heterocycles. The predicted molar refractivity (Wildman–Crippen MR) is 115 cm³/mol. The fourth-order valence-electron chi connectivity index (χ4n) is 3.11. The lowest BCUT2D eigenvalue weighted by atomic mass is 10.1. The van der Waals surface area contributed by atoms with Gasteiger partial charge in [-0.1, -0.05) is 30.0 Å². The minimum absolute atomic E-state index is 0.138. The molecule has 7 nitrogen and oxygen atoms in total. The summed E-state index contributed by atoms with van der Waals surface area (Å²) < 4.78 is 5.19. The van der Waals surface area contributed by atoms with Crippen molar-refractivity contribution in [2.75, 3.05) is 12.4 Å². The van der Waals surface area contributed by atoms with Gasteiger partial charge in [0.15, 0.2) is 5.17 Å². The number of thioether (sulfide) groups is 1. The number of hydrogen-bond acceptors (Lipinski definition) is 6. The molecule has 0 aromatic heterocycles. The molecule has 2 aliphatic rings. The Hall–Kier alpha value is -3.13. The van der Waals surface area contributed by atoms with E-state index in [1.54, 1.807) is 39.2 Å². The van der Waals surface area contributed by atoms with Gasteiger partial charge in [-0.25, -0.2) is 9.89 Å². The van der Waals surface area contributed by atoms with Crippen molar-refractivity contribution in [3.8, 4) is 5.75 Å². The average molecular weight is 408 g/mol. The van der Waals surface area contributed by atoms with Gasteiger partial charge in [-0.05, 0) is 38.1 Å². The monoisotopic (exact) mass is 408 g/mol. The van der Waals surface area contributed by atoms with Crippen molar-refractivity contribution in [3.63, 3.8) is 0 Å². The van der Waals surface area contributed by atoms with Crippen molar-refractivity contribution in [1.29, 1.82) is 0 Å². The van der Waals surface area contributed by atoms with E-state index < -0.39 is 11.3 Å².